The molecule has 1 aliphatic heterocycles. The first kappa shape index (κ1) is 14.8. The van der Waals surface area contributed by atoms with Crippen molar-refractivity contribution in [1.82, 2.24) is 9.78 Å². The summed E-state index contributed by atoms with van der Waals surface area (Å²) in [6.07, 6.45) is 9.58. The second kappa shape index (κ2) is 5.13. The Bertz CT molecular complexity index is 880. The zero-order valence-electron chi connectivity index (χ0n) is 15.0. The molecule has 4 aliphatic carbocycles. The molecule has 1 aromatic heterocycles. The van der Waals surface area contributed by atoms with Crippen LogP contribution in [0.5, 0.6) is 0 Å². The SMILES string of the molecule is N#Cc1ccc(-n2nc(C34CC5CC(CC(C5)C3)C4)c3c2NCC3)cc1. The van der Waals surface area contributed by atoms with Gasteiger partial charge in [-0.05, 0) is 87.0 Å². The van der Waals surface area contributed by atoms with Crippen LogP contribution in [0.15, 0.2) is 24.3 Å². The average Bonchev–Trinajstić information content (AvgIpc) is 3.23. The molecule has 0 spiro atoms. The van der Waals surface area contributed by atoms with Gasteiger partial charge in [0, 0.05) is 17.5 Å². The van der Waals surface area contributed by atoms with Crippen LogP contribution < -0.4 is 5.32 Å². The fourth-order valence-electron chi connectivity index (χ4n) is 6.87. The molecular formula is C22H24N4. The van der Waals surface area contributed by atoms with Gasteiger partial charge in [-0.1, -0.05) is 0 Å². The first-order valence-corrected chi connectivity index (χ1v) is 10.1. The number of benzene rings is 1. The molecule has 0 saturated heterocycles. The molecule has 26 heavy (non-hydrogen) atoms. The fraction of sp³-hybridized carbons (Fsp3) is 0.545. The second-order valence-electron chi connectivity index (χ2n) is 9.12. The molecule has 2 aromatic rings. The Hall–Kier alpha value is -2.28. The molecule has 0 radical (unpaired) electrons. The molecule has 2 heterocycles. The van der Waals surface area contributed by atoms with Crippen molar-refractivity contribution in [3.8, 4) is 11.8 Å². The maximum Gasteiger partial charge on any atom is 0.133 e. The number of hydrogen-bond donors (Lipinski definition) is 1. The highest BCUT2D eigenvalue weighted by Gasteiger charge is 2.54. The highest BCUT2D eigenvalue weighted by Crippen LogP contribution is 2.61. The van der Waals surface area contributed by atoms with Gasteiger partial charge in [0.05, 0.1) is 23.0 Å². The highest BCUT2D eigenvalue weighted by atomic mass is 15.3. The molecule has 4 nitrogen and oxygen atoms in total. The standard InChI is InChI=1S/C22H24N4/c23-13-14-1-3-18(4-2-14)26-21-19(5-6-24-21)20(25-26)22-10-15-7-16(11-22)9-17(8-15)12-22/h1-4,15-17,24H,5-12H2. The lowest BCUT2D eigenvalue weighted by atomic mass is 9.48. The van der Waals surface area contributed by atoms with Crippen LogP contribution in [0, 0.1) is 29.1 Å². The molecule has 132 valence electrons. The number of aromatic nitrogens is 2. The third-order valence-corrected chi connectivity index (χ3v) is 7.43. The minimum atomic E-state index is 0.336. The van der Waals surface area contributed by atoms with E-state index in [1.54, 1.807) is 0 Å². The molecule has 1 aromatic carbocycles. The van der Waals surface area contributed by atoms with E-state index >= 15 is 0 Å². The molecule has 5 aliphatic rings. The molecule has 4 heteroatoms. The Morgan fingerprint density at radius 2 is 1.69 bits per heavy atom. The van der Waals surface area contributed by atoms with Gasteiger partial charge in [-0.3, -0.25) is 0 Å². The van der Waals surface area contributed by atoms with Gasteiger partial charge in [-0.15, -0.1) is 0 Å². The fourth-order valence-corrected chi connectivity index (χ4v) is 6.87. The number of rotatable bonds is 2. The van der Waals surface area contributed by atoms with Gasteiger partial charge < -0.3 is 5.32 Å². The lowest BCUT2D eigenvalue weighted by Gasteiger charge is -2.56. The van der Waals surface area contributed by atoms with E-state index in [1.807, 2.05) is 24.3 Å². The molecule has 0 atom stereocenters. The third-order valence-electron chi connectivity index (χ3n) is 7.43. The van der Waals surface area contributed by atoms with Crippen LogP contribution in [0.4, 0.5) is 5.82 Å². The van der Waals surface area contributed by atoms with Gasteiger partial charge >= 0.3 is 0 Å². The van der Waals surface area contributed by atoms with Crippen LogP contribution in [0.2, 0.25) is 0 Å². The van der Waals surface area contributed by atoms with Crippen molar-refractivity contribution in [2.75, 3.05) is 11.9 Å². The summed E-state index contributed by atoms with van der Waals surface area (Å²) in [6.45, 7) is 1.02. The summed E-state index contributed by atoms with van der Waals surface area (Å²) >= 11 is 0. The first-order valence-electron chi connectivity index (χ1n) is 10.1. The topological polar surface area (TPSA) is 53.6 Å². The molecule has 4 bridgehead atoms. The van der Waals surface area contributed by atoms with E-state index in [-0.39, 0.29) is 0 Å². The van der Waals surface area contributed by atoms with E-state index in [9.17, 15) is 0 Å². The van der Waals surface area contributed by atoms with Crippen molar-refractivity contribution in [3.63, 3.8) is 0 Å². The Labute approximate surface area is 154 Å². The van der Waals surface area contributed by atoms with Crippen molar-refractivity contribution >= 4 is 5.82 Å². The number of nitrogens with zero attached hydrogens (tertiary/aromatic N) is 3. The molecule has 0 unspecified atom stereocenters. The lowest BCUT2D eigenvalue weighted by molar-refractivity contribution is -0.00770. The van der Waals surface area contributed by atoms with E-state index in [0.717, 1.165) is 36.4 Å². The normalized spacial score (nSPS) is 33.7. The van der Waals surface area contributed by atoms with E-state index in [2.05, 4.69) is 16.1 Å². The minimum Gasteiger partial charge on any atom is -0.369 e. The zero-order chi connectivity index (χ0) is 17.3. The van der Waals surface area contributed by atoms with Crippen molar-refractivity contribution in [2.24, 2.45) is 17.8 Å². The van der Waals surface area contributed by atoms with Crippen molar-refractivity contribution in [2.45, 2.75) is 50.4 Å². The zero-order valence-corrected chi connectivity index (χ0v) is 15.0. The smallest absolute Gasteiger partial charge is 0.133 e. The van der Waals surface area contributed by atoms with E-state index in [4.69, 9.17) is 10.4 Å². The van der Waals surface area contributed by atoms with Gasteiger partial charge in [0.1, 0.15) is 5.82 Å². The molecule has 7 rings (SSSR count). The molecule has 4 fully saturated rings. The first-order chi connectivity index (χ1) is 12.7. The van der Waals surface area contributed by atoms with Crippen LogP contribution >= 0.6 is 0 Å². The predicted molar refractivity (Wildman–Crippen MR) is 100 cm³/mol. The van der Waals surface area contributed by atoms with Crippen molar-refractivity contribution < 1.29 is 0 Å². The Morgan fingerprint density at radius 3 is 2.31 bits per heavy atom. The van der Waals surface area contributed by atoms with Crippen LogP contribution in [-0.4, -0.2) is 16.3 Å². The highest BCUT2D eigenvalue weighted by molar-refractivity contribution is 5.59. The van der Waals surface area contributed by atoms with Crippen LogP contribution in [0.25, 0.3) is 5.69 Å². The molecular weight excluding hydrogens is 320 g/mol. The predicted octanol–water partition coefficient (Wildman–Crippen LogP) is 4.18. The largest absolute Gasteiger partial charge is 0.369 e. The minimum absolute atomic E-state index is 0.336. The van der Waals surface area contributed by atoms with Gasteiger partial charge in [0.15, 0.2) is 0 Å². The van der Waals surface area contributed by atoms with Gasteiger partial charge in [-0.2, -0.15) is 10.4 Å². The number of nitriles is 1. The van der Waals surface area contributed by atoms with Gasteiger partial charge in [0.25, 0.3) is 0 Å². The maximum absolute atomic E-state index is 9.07. The second-order valence-corrected chi connectivity index (χ2v) is 9.12. The summed E-state index contributed by atoms with van der Waals surface area (Å²) in [5.41, 5.74) is 4.97. The van der Waals surface area contributed by atoms with E-state index < -0.39 is 0 Å². The summed E-state index contributed by atoms with van der Waals surface area (Å²) < 4.78 is 2.11. The maximum atomic E-state index is 9.07. The van der Waals surface area contributed by atoms with Crippen LogP contribution in [0.3, 0.4) is 0 Å². The quantitative estimate of drug-likeness (QED) is 0.889. The summed E-state index contributed by atoms with van der Waals surface area (Å²) in [7, 11) is 0. The lowest BCUT2D eigenvalue weighted by Crippen LogP contribution is -2.49. The number of hydrogen-bond acceptors (Lipinski definition) is 3. The Kier molecular flexibility index (Phi) is 2.93. The number of fused-ring (bicyclic) bond motifs is 1. The monoisotopic (exact) mass is 344 g/mol. The van der Waals surface area contributed by atoms with Crippen molar-refractivity contribution in [3.05, 3.63) is 41.1 Å². The molecule has 1 N–H and O–H groups in total. The van der Waals surface area contributed by atoms with E-state index in [1.165, 1.54) is 55.6 Å². The molecule has 4 saturated carbocycles. The summed E-state index contributed by atoms with van der Waals surface area (Å²) in [5.74, 6) is 4.00. The summed E-state index contributed by atoms with van der Waals surface area (Å²) in [6, 6.07) is 10.0. The molecule has 0 amide bonds. The average molecular weight is 344 g/mol. The van der Waals surface area contributed by atoms with Crippen molar-refractivity contribution in [1.29, 1.82) is 5.26 Å². The van der Waals surface area contributed by atoms with E-state index in [0.29, 0.717) is 11.0 Å². The van der Waals surface area contributed by atoms with Gasteiger partial charge in [0.2, 0.25) is 0 Å². The number of nitrogens with one attached hydrogen (secondary N) is 1. The number of anilines is 1. The Balaban J connectivity index is 1.47. The summed E-state index contributed by atoms with van der Waals surface area (Å²) in [5, 5.41) is 17.9. The summed E-state index contributed by atoms with van der Waals surface area (Å²) in [4.78, 5) is 0. The van der Waals surface area contributed by atoms with Crippen LogP contribution in [-0.2, 0) is 11.8 Å². The van der Waals surface area contributed by atoms with Crippen LogP contribution in [0.1, 0.15) is 55.3 Å². The third kappa shape index (κ3) is 1.97. The Morgan fingerprint density at radius 1 is 1.04 bits per heavy atom. The van der Waals surface area contributed by atoms with Gasteiger partial charge in [-0.25, -0.2) is 4.68 Å².